The second-order valence-corrected chi connectivity index (χ2v) is 4.75. The van der Waals surface area contributed by atoms with Crippen LogP contribution in [0.25, 0.3) is 0 Å². The van der Waals surface area contributed by atoms with Crippen LogP contribution in [-0.2, 0) is 11.2 Å². The molecule has 1 amide bonds. The molecule has 0 spiro atoms. The van der Waals surface area contributed by atoms with Crippen molar-refractivity contribution in [1.29, 1.82) is 0 Å². The van der Waals surface area contributed by atoms with Crippen LogP contribution in [0, 0.1) is 0 Å². The van der Waals surface area contributed by atoms with Crippen molar-refractivity contribution in [2.75, 3.05) is 19.5 Å². The first-order valence-corrected chi connectivity index (χ1v) is 6.92. The van der Waals surface area contributed by atoms with Crippen molar-refractivity contribution in [3.63, 3.8) is 0 Å². The highest BCUT2D eigenvalue weighted by Crippen LogP contribution is 2.28. The molecule has 0 aliphatic rings. The molecule has 0 saturated carbocycles. The molecule has 0 heterocycles. The van der Waals surface area contributed by atoms with Crippen molar-refractivity contribution in [3.05, 3.63) is 48.0 Å². The fraction of sp³-hybridized carbons (Fsp3) is 0.235. The van der Waals surface area contributed by atoms with Crippen LogP contribution in [0.2, 0.25) is 0 Å². The lowest BCUT2D eigenvalue weighted by atomic mass is 10.1. The highest BCUT2D eigenvalue weighted by molar-refractivity contribution is 5.92. The molecule has 0 bridgehead atoms. The zero-order chi connectivity index (χ0) is 15.9. The Morgan fingerprint density at radius 2 is 1.82 bits per heavy atom. The summed E-state index contributed by atoms with van der Waals surface area (Å²) in [5.41, 5.74) is 1.39. The van der Waals surface area contributed by atoms with E-state index in [1.807, 2.05) is 18.2 Å². The topological polar surface area (TPSA) is 67.8 Å². The van der Waals surface area contributed by atoms with Gasteiger partial charge >= 0.3 is 0 Å². The second-order valence-electron chi connectivity index (χ2n) is 4.75. The zero-order valence-electron chi connectivity index (χ0n) is 12.6. The molecule has 2 N–H and O–H groups in total. The summed E-state index contributed by atoms with van der Waals surface area (Å²) in [4.78, 5) is 11.9. The molecule has 0 aliphatic heterocycles. The van der Waals surface area contributed by atoms with Gasteiger partial charge in [-0.3, -0.25) is 4.79 Å². The molecule has 22 heavy (non-hydrogen) atoms. The minimum Gasteiger partial charge on any atom is -0.506 e. The van der Waals surface area contributed by atoms with Crippen molar-refractivity contribution >= 4 is 11.6 Å². The summed E-state index contributed by atoms with van der Waals surface area (Å²) >= 11 is 0. The van der Waals surface area contributed by atoms with Gasteiger partial charge in [-0.1, -0.05) is 18.2 Å². The Hall–Kier alpha value is -2.69. The first-order chi connectivity index (χ1) is 10.6. The monoisotopic (exact) mass is 301 g/mol. The molecule has 116 valence electrons. The molecule has 5 nitrogen and oxygen atoms in total. The SMILES string of the molecule is COc1ccc(CCC(=O)Nc2ccccc2O)cc1OC. The van der Waals surface area contributed by atoms with E-state index in [-0.39, 0.29) is 11.7 Å². The predicted molar refractivity (Wildman–Crippen MR) is 84.6 cm³/mol. The number of phenolic OH excluding ortho intramolecular Hbond substituents is 1. The van der Waals surface area contributed by atoms with E-state index in [1.54, 1.807) is 32.4 Å². The van der Waals surface area contributed by atoms with E-state index in [1.165, 1.54) is 6.07 Å². The maximum Gasteiger partial charge on any atom is 0.224 e. The number of phenols is 1. The number of carbonyl (C=O) groups is 1. The van der Waals surface area contributed by atoms with Gasteiger partial charge in [0, 0.05) is 6.42 Å². The molecular formula is C17H19NO4. The largest absolute Gasteiger partial charge is 0.506 e. The average molecular weight is 301 g/mol. The van der Waals surface area contributed by atoms with E-state index in [2.05, 4.69) is 5.32 Å². The van der Waals surface area contributed by atoms with E-state index < -0.39 is 0 Å². The number of anilines is 1. The van der Waals surface area contributed by atoms with E-state index in [9.17, 15) is 9.90 Å². The lowest BCUT2D eigenvalue weighted by Crippen LogP contribution is -2.12. The van der Waals surface area contributed by atoms with Crippen molar-refractivity contribution in [1.82, 2.24) is 0 Å². The number of hydrogen-bond donors (Lipinski definition) is 2. The highest BCUT2D eigenvalue weighted by Gasteiger charge is 2.08. The number of carbonyl (C=O) groups excluding carboxylic acids is 1. The van der Waals surface area contributed by atoms with Gasteiger partial charge in [0.15, 0.2) is 11.5 Å². The van der Waals surface area contributed by atoms with E-state index in [0.717, 1.165) is 5.56 Å². The van der Waals surface area contributed by atoms with Gasteiger partial charge in [-0.05, 0) is 36.2 Å². The molecule has 2 aromatic carbocycles. The number of ether oxygens (including phenoxy) is 2. The number of amides is 1. The van der Waals surface area contributed by atoms with Crippen molar-refractivity contribution < 1.29 is 19.4 Å². The molecule has 2 aromatic rings. The Morgan fingerprint density at radius 3 is 2.50 bits per heavy atom. The number of hydrogen-bond acceptors (Lipinski definition) is 4. The van der Waals surface area contributed by atoms with E-state index in [0.29, 0.717) is 30.0 Å². The Morgan fingerprint density at radius 1 is 1.09 bits per heavy atom. The molecular weight excluding hydrogens is 282 g/mol. The van der Waals surface area contributed by atoms with Gasteiger partial charge in [-0.2, -0.15) is 0 Å². The highest BCUT2D eigenvalue weighted by atomic mass is 16.5. The molecule has 2 rings (SSSR count). The maximum atomic E-state index is 11.9. The summed E-state index contributed by atoms with van der Waals surface area (Å²) in [5, 5.41) is 12.3. The minimum atomic E-state index is -0.156. The fourth-order valence-corrected chi connectivity index (χ4v) is 2.09. The Labute approximate surface area is 129 Å². The molecule has 0 atom stereocenters. The number of aromatic hydroxyl groups is 1. The average Bonchev–Trinajstić information content (AvgIpc) is 2.54. The third-order valence-electron chi connectivity index (χ3n) is 3.27. The Kier molecular flexibility index (Phi) is 5.25. The maximum absolute atomic E-state index is 11.9. The summed E-state index contributed by atoms with van der Waals surface area (Å²) in [6.45, 7) is 0. The number of benzene rings is 2. The van der Waals surface area contributed by atoms with Crippen molar-refractivity contribution in [3.8, 4) is 17.2 Å². The molecule has 0 fully saturated rings. The smallest absolute Gasteiger partial charge is 0.224 e. The van der Waals surface area contributed by atoms with E-state index in [4.69, 9.17) is 9.47 Å². The second kappa shape index (κ2) is 7.36. The van der Waals surface area contributed by atoms with Gasteiger partial charge < -0.3 is 19.9 Å². The van der Waals surface area contributed by atoms with Gasteiger partial charge in [-0.25, -0.2) is 0 Å². The van der Waals surface area contributed by atoms with Crippen LogP contribution in [0.3, 0.4) is 0 Å². The number of aryl methyl sites for hydroxylation is 1. The zero-order valence-corrected chi connectivity index (χ0v) is 12.6. The first kappa shape index (κ1) is 15.7. The predicted octanol–water partition coefficient (Wildman–Crippen LogP) is 2.98. The number of rotatable bonds is 6. The normalized spacial score (nSPS) is 10.1. The fourth-order valence-electron chi connectivity index (χ4n) is 2.09. The molecule has 0 radical (unpaired) electrons. The summed E-state index contributed by atoms with van der Waals surface area (Å²) in [7, 11) is 3.16. The Balaban J connectivity index is 1.95. The quantitative estimate of drug-likeness (QED) is 0.805. The summed E-state index contributed by atoms with van der Waals surface area (Å²) in [5.74, 6) is 1.20. The summed E-state index contributed by atoms with van der Waals surface area (Å²) in [6, 6.07) is 12.2. The van der Waals surface area contributed by atoms with Crippen LogP contribution >= 0.6 is 0 Å². The molecule has 0 unspecified atom stereocenters. The lowest BCUT2D eigenvalue weighted by Gasteiger charge is -2.10. The lowest BCUT2D eigenvalue weighted by molar-refractivity contribution is -0.116. The van der Waals surface area contributed by atoms with Gasteiger partial charge in [0.25, 0.3) is 0 Å². The summed E-state index contributed by atoms with van der Waals surface area (Å²) in [6.07, 6.45) is 0.879. The molecule has 0 aromatic heterocycles. The number of nitrogens with one attached hydrogen (secondary N) is 1. The van der Waals surface area contributed by atoms with Crippen LogP contribution in [0.4, 0.5) is 5.69 Å². The Bertz CT molecular complexity index is 655. The van der Waals surface area contributed by atoms with Crippen LogP contribution in [0.5, 0.6) is 17.2 Å². The minimum absolute atomic E-state index is 0.0574. The van der Waals surface area contributed by atoms with Crippen molar-refractivity contribution in [2.45, 2.75) is 12.8 Å². The molecule has 0 aliphatic carbocycles. The summed E-state index contributed by atoms with van der Waals surface area (Å²) < 4.78 is 10.4. The van der Waals surface area contributed by atoms with E-state index >= 15 is 0 Å². The van der Waals surface area contributed by atoms with Crippen LogP contribution in [0.15, 0.2) is 42.5 Å². The third kappa shape index (κ3) is 3.91. The molecule has 5 heteroatoms. The van der Waals surface area contributed by atoms with Crippen LogP contribution in [0.1, 0.15) is 12.0 Å². The van der Waals surface area contributed by atoms with Gasteiger partial charge in [0.1, 0.15) is 5.75 Å². The number of methoxy groups -OCH3 is 2. The van der Waals surface area contributed by atoms with Crippen molar-refractivity contribution in [2.24, 2.45) is 0 Å². The van der Waals surface area contributed by atoms with Gasteiger partial charge in [-0.15, -0.1) is 0 Å². The number of para-hydroxylation sites is 2. The van der Waals surface area contributed by atoms with Gasteiger partial charge in [0.2, 0.25) is 5.91 Å². The van der Waals surface area contributed by atoms with Crippen LogP contribution in [-0.4, -0.2) is 25.2 Å². The molecule has 0 saturated heterocycles. The van der Waals surface area contributed by atoms with Gasteiger partial charge in [0.05, 0.1) is 19.9 Å². The third-order valence-corrected chi connectivity index (χ3v) is 3.27. The first-order valence-electron chi connectivity index (χ1n) is 6.92. The van der Waals surface area contributed by atoms with Crippen LogP contribution < -0.4 is 14.8 Å². The standard InChI is InChI=1S/C17H19NO4/c1-21-15-9-7-12(11-16(15)22-2)8-10-17(20)18-13-5-3-4-6-14(13)19/h3-7,9,11,19H,8,10H2,1-2H3,(H,18,20).